The molecule has 0 amide bonds. The van der Waals surface area contributed by atoms with Gasteiger partial charge in [0.05, 0.1) is 18.3 Å². The molecule has 3 aromatic rings. The van der Waals surface area contributed by atoms with E-state index in [4.69, 9.17) is 19.3 Å². The molecule has 2 N–H and O–H groups in total. The van der Waals surface area contributed by atoms with Crippen LogP contribution in [0.3, 0.4) is 0 Å². The minimum absolute atomic E-state index is 0.0734. The van der Waals surface area contributed by atoms with Crippen molar-refractivity contribution < 1.29 is 33.6 Å². The molecule has 1 aliphatic rings. The van der Waals surface area contributed by atoms with Crippen LogP contribution < -0.4 is 4.74 Å². The van der Waals surface area contributed by atoms with Crippen molar-refractivity contribution in [1.29, 1.82) is 0 Å². The second-order valence-electron chi connectivity index (χ2n) is 8.27. The van der Waals surface area contributed by atoms with Crippen LogP contribution >= 0.6 is 0 Å². The number of hydrogen-bond acceptors (Lipinski definition) is 5. The van der Waals surface area contributed by atoms with E-state index in [1.807, 2.05) is 42.5 Å². The van der Waals surface area contributed by atoms with Gasteiger partial charge >= 0.3 is 5.97 Å². The van der Waals surface area contributed by atoms with E-state index in [2.05, 4.69) is 0 Å². The van der Waals surface area contributed by atoms with Crippen LogP contribution in [0.15, 0.2) is 84.9 Å². The molecule has 0 spiro atoms. The molecular formula is C28H27FO6. The Balaban J connectivity index is 1.55. The van der Waals surface area contributed by atoms with Gasteiger partial charge < -0.3 is 24.4 Å². The van der Waals surface area contributed by atoms with Gasteiger partial charge in [0.1, 0.15) is 23.1 Å². The summed E-state index contributed by atoms with van der Waals surface area (Å²) in [6.07, 6.45) is 3.68. The third-order valence-corrected chi connectivity index (χ3v) is 5.75. The number of carboxylic acid groups (broad SMARTS) is 1. The van der Waals surface area contributed by atoms with E-state index < -0.39 is 18.4 Å². The quantitative estimate of drug-likeness (QED) is 0.340. The maximum atomic E-state index is 13.3. The Bertz CT molecular complexity index is 1160. The highest BCUT2D eigenvalue weighted by molar-refractivity contribution is 5.66. The lowest BCUT2D eigenvalue weighted by molar-refractivity contribution is -0.244. The molecule has 0 aliphatic carbocycles. The van der Waals surface area contributed by atoms with E-state index in [1.165, 1.54) is 12.1 Å². The number of halogens is 1. The van der Waals surface area contributed by atoms with Gasteiger partial charge in [0.15, 0.2) is 6.29 Å². The van der Waals surface area contributed by atoms with Gasteiger partial charge in [-0.3, -0.25) is 4.79 Å². The summed E-state index contributed by atoms with van der Waals surface area (Å²) in [6, 6.07) is 20.1. The molecule has 1 heterocycles. The normalized spacial score (nSPS) is 20.1. The zero-order chi connectivity index (χ0) is 24.6. The van der Waals surface area contributed by atoms with Crippen LogP contribution in [0.2, 0.25) is 0 Å². The average molecular weight is 479 g/mol. The van der Waals surface area contributed by atoms with E-state index in [0.717, 1.165) is 0 Å². The van der Waals surface area contributed by atoms with Gasteiger partial charge in [-0.15, -0.1) is 0 Å². The van der Waals surface area contributed by atoms with Crippen LogP contribution in [0, 0.1) is 11.7 Å². The predicted octanol–water partition coefficient (Wildman–Crippen LogP) is 6.54. The summed E-state index contributed by atoms with van der Waals surface area (Å²) in [4.78, 5) is 10.7. The van der Waals surface area contributed by atoms with Crippen molar-refractivity contribution in [2.24, 2.45) is 5.92 Å². The summed E-state index contributed by atoms with van der Waals surface area (Å²) < 4.78 is 31.8. The van der Waals surface area contributed by atoms with Gasteiger partial charge in [0.2, 0.25) is 0 Å². The number of phenols is 1. The molecule has 1 fully saturated rings. The van der Waals surface area contributed by atoms with Gasteiger partial charge in [0, 0.05) is 17.9 Å². The van der Waals surface area contributed by atoms with Crippen LogP contribution in [-0.4, -0.2) is 22.8 Å². The molecular weight excluding hydrogens is 451 g/mol. The number of carbonyl (C=O) groups is 1. The third kappa shape index (κ3) is 6.47. The molecule has 182 valence electrons. The number of hydrogen-bond donors (Lipinski definition) is 2. The number of carboxylic acids is 1. The fraction of sp³-hybridized carbons (Fsp3) is 0.250. The molecule has 3 aromatic carbocycles. The zero-order valence-corrected chi connectivity index (χ0v) is 19.0. The van der Waals surface area contributed by atoms with E-state index in [0.29, 0.717) is 42.1 Å². The van der Waals surface area contributed by atoms with E-state index in [9.17, 15) is 14.3 Å². The Morgan fingerprint density at radius 3 is 2.46 bits per heavy atom. The average Bonchev–Trinajstić information content (AvgIpc) is 2.86. The van der Waals surface area contributed by atoms with Crippen LogP contribution in [0.5, 0.6) is 17.2 Å². The maximum absolute atomic E-state index is 13.3. The number of rotatable bonds is 9. The summed E-state index contributed by atoms with van der Waals surface area (Å²) in [5.41, 5.74) is 1.33. The maximum Gasteiger partial charge on any atom is 0.303 e. The molecule has 0 aromatic heterocycles. The van der Waals surface area contributed by atoms with Gasteiger partial charge in [-0.2, -0.15) is 0 Å². The lowest BCUT2D eigenvalue weighted by atomic mass is 9.91. The van der Waals surface area contributed by atoms with E-state index >= 15 is 0 Å². The highest BCUT2D eigenvalue weighted by atomic mass is 19.1. The Kier molecular flexibility index (Phi) is 8.13. The largest absolute Gasteiger partial charge is 0.508 e. The number of aliphatic carboxylic acids is 1. The van der Waals surface area contributed by atoms with Crippen molar-refractivity contribution in [3.8, 4) is 17.2 Å². The Morgan fingerprint density at radius 1 is 1.00 bits per heavy atom. The zero-order valence-electron chi connectivity index (χ0n) is 19.0. The van der Waals surface area contributed by atoms with Crippen molar-refractivity contribution in [1.82, 2.24) is 0 Å². The van der Waals surface area contributed by atoms with Crippen LogP contribution in [0.1, 0.15) is 42.8 Å². The number of allylic oxidation sites excluding steroid dienone is 2. The van der Waals surface area contributed by atoms with Crippen molar-refractivity contribution in [3.05, 3.63) is 102 Å². The highest BCUT2D eigenvalue weighted by Crippen LogP contribution is 2.44. The molecule has 35 heavy (non-hydrogen) atoms. The SMILES string of the molecule is O=C(O)CCC=CCC1COC(c2ccccc2Oc2ccc(F)cc2)OC1c1ccccc1O. The molecule has 7 heteroatoms. The summed E-state index contributed by atoms with van der Waals surface area (Å²) in [7, 11) is 0. The Labute approximate surface area is 203 Å². The van der Waals surface area contributed by atoms with Crippen LogP contribution in [0.4, 0.5) is 4.39 Å². The molecule has 1 saturated heterocycles. The minimum atomic E-state index is -0.838. The fourth-order valence-corrected chi connectivity index (χ4v) is 3.99. The van der Waals surface area contributed by atoms with Gasteiger partial charge in [0.25, 0.3) is 0 Å². The molecule has 6 nitrogen and oxygen atoms in total. The van der Waals surface area contributed by atoms with E-state index in [-0.39, 0.29) is 23.9 Å². The smallest absolute Gasteiger partial charge is 0.303 e. The second kappa shape index (κ2) is 11.6. The van der Waals surface area contributed by atoms with Gasteiger partial charge in [-0.1, -0.05) is 48.6 Å². The van der Waals surface area contributed by atoms with Gasteiger partial charge in [-0.25, -0.2) is 4.39 Å². The number of phenolic OH excluding ortho intramolecular Hbond substituents is 1. The lowest BCUT2D eigenvalue weighted by Crippen LogP contribution is -2.30. The summed E-state index contributed by atoms with van der Waals surface area (Å²) in [6.45, 7) is 0.359. The van der Waals surface area contributed by atoms with E-state index in [1.54, 1.807) is 30.3 Å². The Hall–Kier alpha value is -3.68. The predicted molar refractivity (Wildman–Crippen MR) is 128 cm³/mol. The topological polar surface area (TPSA) is 85.2 Å². The monoisotopic (exact) mass is 478 g/mol. The first-order valence-corrected chi connectivity index (χ1v) is 11.5. The van der Waals surface area contributed by atoms with Gasteiger partial charge in [-0.05, 0) is 49.2 Å². The van der Waals surface area contributed by atoms with Crippen molar-refractivity contribution >= 4 is 5.97 Å². The molecule has 1 aliphatic heterocycles. The molecule has 3 atom stereocenters. The second-order valence-corrected chi connectivity index (χ2v) is 8.27. The van der Waals surface area contributed by atoms with Crippen molar-refractivity contribution in [2.75, 3.05) is 6.61 Å². The number of benzene rings is 3. The Morgan fingerprint density at radius 2 is 1.71 bits per heavy atom. The molecule has 0 bridgehead atoms. The first-order valence-electron chi connectivity index (χ1n) is 11.5. The number of aromatic hydroxyl groups is 1. The van der Waals surface area contributed by atoms with Crippen LogP contribution in [-0.2, 0) is 14.3 Å². The third-order valence-electron chi connectivity index (χ3n) is 5.75. The van der Waals surface area contributed by atoms with Crippen molar-refractivity contribution in [3.63, 3.8) is 0 Å². The standard InChI is InChI=1S/C28H27FO6/c29-20-14-16-21(17-15-20)34-25-12-7-5-10-23(25)28-33-18-19(8-2-1-3-13-26(31)32)27(35-28)22-9-4-6-11-24(22)30/h1-2,4-7,9-12,14-17,19,27-28,30H,3,8,13,18H2,(H,31,32). The lowest BCUT2D eigenvalue weighted by Gasteiger charge is -2.37. The summed E-state index contributed by atoms with van der Waals surface area (Å²) in [5, 5.41) is 19.3. The number of para-hydroxylation sites is 2. The molecule has 0 radical (unpaired) electrons. The highest BCUT2D eigenvalue weighted by Gasteiger charge is 2.35. The first kappa shape index (κ1) is 24.4. The number of ether oxygens (including phenoxy) is 3. The molecule has 3 unspecified atom stereocenters. The summed E-state index contributed by atoms with van der Waals surface area (Å²) in [5.74, 6) is -0.142. The fourth-order valence-electron chi connectivity index (χ4n) is 3.99. The minimum Gasteiger partial charge on any atom is -0.508 e. The van der Waals surface area contributed by atoms with Crippen molar-refractivity contribution in [2.45, 2.75) is 31.7 Å². The van der Waals surface area contributed by atoms with Crippen LogP contribution in [0.25, 0.3) is 0 Å². The molecule has 0 saturated carbocycles. The molecule has 4 rings (SSSR count). The first-order chi connectivity index (χ1) is 17.0. The summed E-state index contributed by atoms with van der Waals surface area (Å²) >= 11 is 0.